The first-order chi connectivity index (χ1) is 12.2. The van der Waals surface area contributed by atoms with Crippen molar-refractivity contribution in [2.45, 2.75) is 0 Å². The van der Waals surface area contributed by atoms with Crippen LogP contribution in [0.5, 0.6) is 0 Å². The molecule has 138 valence electrons. The van der Waals surface area contributed by atoms with Crippen LogP contribution in [-0.2, 0) is 0 Å². The van der Waals surface area contributed by atoms with Gasteiger partial charge in [-0.2, -0.15) is 4.52 Å². The number of amides is 2. The third-order valence-corrected chi connectivity index (χ3v) is 3.87. The van der Waals surface area contributed by atoms with Crippen LogP contribution >= 0.6 is 11.3 Å². The van der Waals surface area contributed by atoms with Gasteiger partial charge in [-0.15, -0.1) is 16.4 Å². The Balaban J connectivity index is 0.000000260. The van der Waals surface area contributed by atoms with Crippen molar-refractivity contribution in [3.63, 3.8) is 0 Å². The molecule has 11 heteroatoms. The lowest BCUT2D eigenvalue weighted by molar-refractivity contribution is 0.0697. The summed E-state index contributed by atoms with van der Waals surface area (Å²) in [4.78, 5) is 33.0. The van der Waals surface area contributed by atoms with Gasteiger partial charge in [0.15, 0.2) is 10.7 Å². The third-order valence-electron chi connectivity index (χ3n) is 3.10. The Morgan fingerprint density at radius 1 is 1.19 bits per heavy atom. The van der Waals surface area contributed by atoms with E-state index >= 15 is 0 Å². The Hall–Kier alpha value is -3.21. The van der Waals surface area contributed by atoms with E-state index in [0.717, 1.165) is 0 Å². The van der Waals surface area contributed by atoms with E-state index < -0.39 is 5.97 Å². The number of urea groups is 1. The lowest BCUT2D eigenvalue weighted by atomic mass is 10.2. The summed E-state index contributed by atoms with van der Waals surface area (Å²) >= 11 is 1.40. The van der Waals surface area contributed by atoms with Gasteiger partial charge in [-0.05, 0) is 12.1 Å². The quantitative estimate of drug-likeness (QED) is 0.689. The van der Waals surface area contributed by atoms with E-state index in [9.17, 15) is 9.59 Å². The number of nitrogens with two attached hydrogens (primary N) is 1. The van der Waals surface area contributed by atoms with Crippen LogP contribution in [0.3, 0.4) is 0 Å². The summed E-state index contributed by atoms with van der Waals surface area (Å²) in [6.45, 7) is 0. The molecule has 0 aliphatic heterocycles. The van der Waals surface area contributed by atoms with Gasteiger partial charge in [0.1, 0.15) is 5.82 Å². The Morgan fingerprint density at radius 3 is 2.31 bits per heavy atom. The summed E-state index contributed by atoms with van der Waals surface area (Å²) in [5.74, 6) is -0.401. The first kappa shape index (κ1) is 19.1. The van der Waals surface area contributed by atoms with E-state index in [2.05, 4.69) is 15.1 Å². The van der Waals surface area contributed by atoms with Crippen LogP contribution in [0.15, 0.2) is 23.7 Å². The molecule has 3 aromatic heterocycles. The molecule has 0 aliphatic rings. The number of carbonyl (C=O) groups is 2. The van der Waals surface area contributed by atoms with Gasteiger partial charge < -0.3 is 20.6 Å². The van der Waals surface area contributed by atoms with E-state index in [1.54, 1.807) is 34.4 Å². The van der Waals surface area contributed by atoms with Gasteiger partial charge in [-0.3, -0.25) is 0 Å². The summed E-state index contributed by atoms with van der Waals surface area (Å²) in [6, 6.07) is 2.78. The zero-order valence-corrected chi connectivity index (χ0v) is 15.6. The minimum Gasteiger partial charge on any atom is -0.478 e. The normalized spacial score (nSPS) is 10.2. The van der Waals surface area contributed by atoms with Gasteiger partial charge in [0, 0.05) is 39.8 Å². The largest absolute Gasteiger partial charge is 0.478 e. The van der Waals surface area contributed by atoms with Crippen molar-refractivity contribution in [2.24, 2.45) is 0 Å². The number of carboxylic acids is 1. The maximum absolute atomic E-state index is 10.9. The van der Waals surface area contributed by atoms with E-state index in [-0.39, 0.29) is 17.4 Å². The number of rotatable bonds is 2. The predicted octanol–water partition coefficient (Wildman–Crippen LogP) is 1.36. The molecule has 0 aromatic carbocycles. The van der Waals surface area contributed by atoms with Gasteiger partial charge in [-0.25, -0.2) is 19.6 Å². The van der Waals surface area contributed by atoms with Crippen molar-refractivity contribution < 1.29 is 14.7 Å². The maximum Gasteiger partial charge on any atom is 0.335 e. The molecule has 0 spiro atoms. The predicted molar refractivity (Wildman–Crippen MR) is 98.2 cm³/mol. The Labute approximate surface area is 153 Å². The number of nitrogen functional groups attached to an aromatic ring is 1. The zero-order chi connectivity index (χ0) is 19.4. The van der Waals surface area contributed by atoms with Gasteiger partial charge in [0.25, 0.3) is 0 Å². The van der Waals surface area contributed by atoms with Crippen molar-refractivity contribution in [2.75, 3.05) is 33.9 Å². The van der Waals surface area contributed by atoms with Gasteiger partial charge in [-0.1, -0.05) is 0 Å². The molecule has 0 unspecified atom stereocenters. The Kier molecular flexibility index (Phi) is 5.72. The van der Waals surface area contributed by atoms with Crippen LogP contribution in [-0.4, -0.2) is 74.7 Å². The number of pyridine rings is 1. The van der Waals surface area contributed by atoms with Crippen molar-refractivity contribution in [1.29, 1.82) is 0 Å². The number of hydrogen-bond donors (Lipinski definition) is 2. The maximum atomic E-state index is 10.9. The molecule has 3 N–H and O–H groups in total. The van der Waals surface area contributed by atoms with Crippen LogP contribution in [0.2, 0.25) is 0 Å². The molecule has 3 rings (SSSR count). The molecule has 0 fully saturated rings. The fraction of sp³-hybridized carbons (Fsp3) is 0.267. The summed E-state index contributed by atoms with van der Waals surface area (Å²) in [5.41, 5.74) is 6.21. The standard InChI is InChI=1S/C10H7N5O2S.C5H12N2O/c11-6-3-5(10(16)17)4-7-13-8(14-15(6)7)9-12-1-2-18-9;1-6(2)5(8)7(3)4/h1-4H,11H2,(H,16,17);1-4H3. The molecule has 0 saturated heterocycles. The molecule has 0 aliphatic carbocycles. The molecular formula is C15H19N7O3S. The monoisotopic (exact) mass is 377 g/mol. The van der Waals surface area contributed by atoms with Crippen molar-refractivity contribution in [3.8, 4) is 10.8 Å². The second-order valence-electron chi connectivity index (χ2n) is 5.59. The number of nitrogens with zero attached hydrogens (tertiary/aromatic N) is 6. The van der Waals surface area contributed by atoms with E-state index in [0.29, 0.717) is 16.5 Å². The zero-order valence-electron chi connectivity index (χ0n) is 14.7. The number of anilines is 1. The minimum atomic E-state index is -1.05. The van der Waals surface area contributed by atoms with Crippen molar-refractivity contribution in [3.05, 3.63) is 29.3 Å². The first-order valence-corrected chi connectivity index (χ1v) is 8.26. The number of fused-ring (bicyclic) bond motifs is 1. The summed E-state index contributed by atoms with van der Waals surface area (Å²) in [5, 5.41) is 15.6. The summed E-state index contributed by atoms with van der Waals surface area (Å²) < 4.78 is 1.39. The second-order valence-corrected chi connectivity index (χ2v) is 6.48. The molecule has 0 atom stereocenters. The highest BCUT2D eigenvalue weighted by Gasteiger charge is 2.13. The smallest absolute Gasteiger partial charge is 0.335 e. The van der Waals surface area contributed by atoms with Crippen LogP contribution < -0.4 is 5.73 Å². The minimum absolute atomic E-state index is 0.0185. The molecule has 0 radical (unpaired) electrons. The van der Waals surface area contributed by atoms with E-state index in [1.165, 1.54) is 37.8 Å². The molecule has 26 heavy (non-hydrogen) atoms. The van der Waals surface area contributed by atoms with Gasteiger partial charge >= 0.3 is 12.0 Å². The second kappa shape index (κ2) is 7.78. The van der Waals surface area contributed by atoms with Crippen LogP contribution in [0.25, 0.3) is 16.5 Å². The fourth-order valence-electron chi connectivity index (χ4n) is 1.96. The molecule has 10 nitrogen and oxygen atoms in total. The third kappa shape index (κ3) is 4.25. The highest BCUT2D eigenvalue weighted by Crippen LogP contribution is 2.20. The number of thiazole rings is 1. The summed E-state index contributed by atoms with van der Waals surface area (Å²) in [6.07, 6.45) is 1.65. The van der Waals surface area contributed by atoms with Crippen LogP contribution in [0, 0.1) is 0 Å². The number of carbonyl (C=O) groups excluding carboxylic acids is 1. The first-order valence-electron chi connectivity index (χ1n) is 7.38. The van der Waals surface area contributed by atoms with Gasteiger partial charge in [0.2, 0.25) is 5.82 Å². The van der Waals surface area contributed by atoms with Crippen LogP contribution in [0.1, 0.15) is 10.4 Å². The molecule has 2 amide bonds. The van der Waals surface area contributed by atoms with Crippen molar-refractivity contribution in [1.82, 2.24) is 29.4 Å². The lowest BCUT2D eigenvalue weighted by Crippen LogP contribution is -2.33. The molecule has 0 bridgehead atoms. The van der Waals surface area contributed by atoms with Gasteiger partial charge in [0.05, 0.1) is 5.56 Å². The Bertz CT molecular complexity index is 909. The SMILES string of the molecule is CN(C)C(=O)N(C)C.Nc1cc(C(=O)O)cc2nc(-c3nccs3)nn12. The molecular weight excluding hydrogens is 358 g/mol. The van der Waals surface area contributed by atoms with E-state index in [1.807, 2.05) is 5.38 Å². The topological polar surface area (TPSA) is 130 Å². The number of carboxylic acid groups (broad SMARTS) is 1. The molecule has 3 heterocycles. The average Bonchev–Trinajstić information content (AvgIpc) is 3.23. The van der Waals surface area contributed by atoms with Crippen molar-refractivity contribution >= 4 is 34.8 Å². The molecule has 0 saturated carbocycles. The van der Waals surface area contributed by atoms with E-state index in [4.69, 9.17) is 10.8 Å². The number of aromatic nitrogens is 4. The average molecular weight is 377 g/mol. The lowest BCUT2D eigenvalue weighted by Gasteiger charge is -2.16. The number of hydrogen-bond acceptors (Lipinski definition) is 7. The fourth-order valence-corrected chi connectivity index (χ4v) is 2.52. The highest BCUT2D eigenvalue weighted by molar-refractivity contribution is 7.13. The Morgan fingerprint density at radius 2 is 1.85 bits per heavy atom. The molecule has 3 aromatic rings. The number of aromatic carboxylic acids is 1. The van der Waals surface area contributed by atoms with Crippen LogP contribution in [0.4, 0.5) is 10.6 Å². The highest BCUT2D eigenvalue weighted by atomic mass is 32.1. The summed E-state index contributed by atoms with van der Waals surface area (Å²) in [7, 11) is 6.90.